The average molecular weight is 233 g/mol. The van der Waals surface area contributed by atoms with Crippen molar-refractivity contribution in [2.24, 2.45) is 0 Å². The quantitative estimate of drug-likeness (QED) is 0.802. The van der Waals surface area contributed by atoms with Crippen LogP contribution in [0.1, 0.15) is 19.5 Å². The van der Waals surface area contributed by atoms with Crippen molar-refractivity contribution in [3.05, 3.63) is 41.4 Å². The van der Waals surface area contributed by atoms with Crippen molar-refractivity contribution in [2.45, 2.75) is 26.6 Å². The van der Waals surface area contributed by atoms with Gasteiger partial charge >= 0.3 is 0 Å². The third-order valence-electron chi connectivity index (χ3n) is 2.14. The SMILES string of the molecule is CC(C)OCc1csc(-c2ccccc2)n1. The topological polar surface area (TPSA) is 22.1 Å². The Kier molecular flexibility index (Phi) is 3.70. The summed E-state index contributed by atoms with van der Waals surface area (Å²) in [6.45, 7) is 4.66. The number of aromatic nitrogens is 1. The van der Waals surface area contributed by atoms with Crippen LogP contribution in [0.5, 0.6) is 0 Å². The normalized spacial score (nSPS) is 10.9. The highest BCUT2D eigenvalue weighted by Crippen LogP contribution is 2.23. The van der Waals surface area contributed by atoms with Crippen molar-refractivity contribution in [2.75, 3.05) is 0 Å². The molecule has 0 aliphatic carbocycles. The summed E-state index contributed by atoms with van der Waals surface area (Å²) in [6, 6.07) is 10.2. The zero-order valence-electron chi connectivity index (χ0n) is 9.51. The van der Waals surface area contributed by atoms with Crippen molar-refractivity contribution >= 4 is 11.3 Å². The first-order valence-corrected chi connectivity index (χ1v) is 6.25. The summed E-state index contributed by atoms with van der Waals surface area (Å²) in [7, 11) is 0. The van der Waals surface area contributed by atoms with Gasteiger partial charge in [0.25, 0.3) is 0 Å². The molecule has 0 aliphatic heterocycles. The monoisotopic (exact) mass is 233 g/mol. The third kappa shape index (κ3) is 2.90. The molecule has 0 saturated heterocycles. The van der Waals surface area contributed by atoms with E-state index in [2.05, 4.69) is 22.5 Å². The molecular formula is C13H15NOS. The molecule has 0 fully saturated rings. The first-order chi connectivity index (χ1) is 7.75. The lowest BCUT2D eigenvalue weighted by Crippen LogP contribution is -2.02. The number of rotatable bonds is 4. The van der Waals surface area contributed by atoms with E-state index in [0.717, 1.165) is 10.7 Å². The minimum absolute atomic E-state index is 0.252. The maximum absolute atomic E-state index is 5.52. The first-order valence-electron chi connectivity index (χ1n) is 5.37. The Morgan fingerprint density at radius 2 is 2.00 bits per heavy atom. The smallest absolute Gasteiger partial charge is 0.123 e. The molecule has 2 nitrogen and oxygen atoms in total. The molecule has 2 aromatic rings. The number of nitrogens with zero attached hydrogens (tertiary/aromatic N) is 1. The molecule has 1 aromatic carbocycles. The van der Waals surface area contributed by atoms with Crippen molar-refractivity contribution < 1.29 is 4.74 Å². The molecule has 16 heavy (non-hydrogen) atoms. The minimum atomic E-state index is 0.252. The van der Waals surface area contributed by atoms with Crippen LogP contribution in [-0.4, -0.2) is 11.1 Å². The van der Waals surface area contributed by atoms with Crippen LogP contribution in [0.4, 0.5) is 0 Å². The summed E-state index contributed by atoms with van der Waals surface area (Å²) in [5.41, 5.74) is 2.18. The second kappa shape index (κ2) is 5.23. The molecule has 3 heteroatoms. The lowest BCUT2D eigenvalue weighted by atomic mass is 10.2. The Morgan fingerprint density at radius 3 is 2.69 bits per heavy atom. The number of hydrogen-bond donors (Lipinski definition) is 0. The van der Waals surface area contributed by atoms with Crippen LogP contribution in [0.15, 0.2) is 35.7 Å². The van der Waals surface area contributed by atoms with Gasteiger partial charge in [-0.05, 0) is 13.8 Å². The van der Waals surface area contributed by atoms with E-state index in [1.807, 2.05) is 32.0 Å². The van der Waals surface area contributed by atoms with Crippen LogP contribution in [-0.2, 0) is 11.3 Å². The van der Waals surface area contributed by atoms with E-state index in [1.165, 1.54) is 5.56 Å². The van der Waals surface area contributed by atoms with Crippen molar-refractivity contribution in [1.82, 2.24) is 4.98 Å². The fourth-order valence-electron chi connectivity index (χ4n) is 1.34. The van der Waals surface area contributed by atoms with Gasteiger partial charge in [0.1, 0.15) is 5.01 Å². The molecule has 0 N–H and O–H groups in total. The molecule has 0 amide bonds. The molecule has 0 unspecified atom stereocenters. The minimum Gasteiger partial charge on any atom is -0.372 e. The van der Waals surface area contributed by atoms with E-state index < -0.39 is 0 Å². The Hall–Kier alpha value is -1.19. The standard InChI is InChI=1S/C13H15NOS/c1-10(2)15-8-12-9-16-13(14-12)11-6-4-3-5-7-11/h3-7,9-10H,8H2,1-2H3. The Bertz CT molecular complexity index is 436. The third-order valence-corrected chi connectivity index (χ3v) is 3.08. The molecule has 0 aliphatic rings. The fraction of sp³-hybridized carbons (Fsp3) is 0.308. The highest BCUT2D eigenvalue weighted by atomic mass is 32.1. The molecule has 0 radical (unpaired) electrons. The molecule has 84 valence electrons. The summed E-state index contributed by atoms with van der Waals surface area (Å²) in [5, 5.41) is 3.12. The van der Waals surface area contributed by atoms with Gasteiger partial charge in [-0.15, -0.1) is 11.3 Å². The summed E-state index contributed by atoms with van der Waals surface area (Å²) < 4.78 is 5.52. The van der Waals surface area contributed by atoms with E-state index in [1.54, 1.807) is 11.3 Å². The summed E-state index contributed by atoms with van der Waals surface area (Å²) in [5.74, 6) is 0. The highest BCUT2D eigenvalue weighted by molar-refractivity contribution is 7.13. The largest absolute Gasteiger partial charge is 0.372 e. The lowest BCUT2D eigenvalue weighted by Gasteiger charge is -2.04. The van der Waals surface area contributed by atoms with Crippen LogP contribution < -0.4 is 0 Å². The lowest BCUT2D eigenvalue weighted by molar-refractivity contribution is 0.0639. The highest BCUT2D eigenvalue weighted by Gasteiger charge is 2.04. The molecule has 0 atom stereocenters. The predicted octanol–water partition coefficient (Wildman–Crippen LogP) is 3.74. The van der Waals surface area contributed by atoms with Gasteiger partial charge in [-0.3, -0.25) is 0 Å². The van der Waals surface area contributed by atoms with Crippen LogP contribution in [0.3, 0.4) is 0 Å². The van der Waals surface area contributed by atoms with Gasteiger partial charge in [0, 0.05) is 10.9 Å². The van der Waals surface area contributed by atoms with Crippen molar-refractivity contribution in [3.8, 4) is 10.6 Å². The maximum Gasteiger partial charge on any atom is 0.123 e. The van der Waals surface area contributed by atoms with Gasteiger partial charge in [0.05, 0.1) is 18.4 Å². The van der Waals surface area contributed by atoms with Crippen molar-refractivity contribution in [3.63, 3.8) is 0 Å². The molecular weight excluding hydrogens is 218 g/mol. The van der Waals surface area contributed by atoms with E-state index in [9.17, 15) is 0 Å². The molecule has 0 saturated carbocycles. The molecule has 0 spiro atoms. The number of hydrogen-bond acceptors (Lipinski definition) is 3. The van der Waals surface area contributed by atoms with Gasteiger partial charge in [0.2, 0.25) is 0 Å². The molecule has 1 aromatic heterocycles. The Balaban J connectivity index is 2.08. The fourth-order valence-corrected chi connectivity index (χ4v) is 2.15. The maximum atomic E-state index is 5.52. The Labute approximate surface area is 99.9 Å². The van der Waals surface area contributed by atoms with Gasteiger partial charge in [-0.1, -0.05) is 30.3 Å². The van der Waals surface area contributed by atoms with E-state index >= 15 is 0 Å². The van der Waals surface area contributed by atoms with Crippen LogP contribution in [0.25, 0.3) is 10.6 Å². The molecule has 2 rings (SSSR count). The first kappa shape index (κ1) is 11.3. The number of thiazole rings is 1. The number of benzene rings is 1. The van der Waals surface area contributed by atoms with Gasteiger partial charge in [0.15, 0.2) is 0 Å². The van der Waals surface area contributed by atoms with Crippen molar-refractivity contribution in [1.29, 1.82) is 0 Å². The predicted molar refractivity (Wildman–Crippen MR) is 67.5 cm³/mol. The van der Waals surface area contributed by atoms with Gasteiger partial charge < -0.3 is 4.74 Å². The number of ether oxygens (including phenoxy) is 1. The van der Waals surface area contributed by atoms with E-state index in [-0.39, 0.29) is 6.10 Å². The zero-order chi connectivity index (χ0) is 11.4. The van der Waals surface area contributed by atoms with Crippen LogP contribution in [0.2, 0.25) is 0 Å². The summed E-state index contributed by atoms with van der Waals surface area (Å²) in [4.78, 5) is 4.55. The Morgan fingerprint density at radius 1 is 1.25 bits per heavy atom. The molecule has 0 bridgehead atoms. The molecule has 1 heterocycles. The second-order valence-corrected chi connectivity index (χ2v) is 4.73. The summed E-state index contributed by atoms with van der Waals surface area (Å²) >= 11 is 1.66. The average Bonchev–Trinajstić information content (AvgIpc) is 2.76. The van der Waals surface area contributed by atoms with Gasteiger partial charge in [-0.2, -0.15) is 0 Å². The van der Waals surface area contributed by atoms with Crippen LogP contribution >= 0.6 is 11.3 Å². The van der Waals surface area contributed by atoms with Crippen LogP contribution in [0, 0.1) is 0 Å². The zero-order valence-corrected chi connectivity index (χ0v) is 10.3. The van der Waals surface area contributed by atoms with Gasteiger partial charge in [-0.25, -0.2) is 4.98 Å². The van der Waals surface area contributed by atoms with E-state index in [4.69, 9.17) is 4.74 Å². The second-order valence-electron chi connectivity index (χ2n) is 3.87. The van der Waals surface area contributed by atoms with E-state index in [0.29, 0.717) is 6.61 Å². The summed E-state index contributed by atoms with van der Waals surface area (Å²) in [6.07, 6.45) is 0.252.